The van der Waals surface area contributed by atoms with E-state index in [1.165, 1.54) is 0 Å². The first-order valence-electron chi connectivity index (χ1n) is 8.02. The maximum Gasteiger partial charge on any atom is 0.142 e. The van der Waals surface area contributed by atoms with Crippen molar-refractivity contribution in [1.29, 1.82) is 5.26 Å². The van der Waals surface area contributed by atoms with Crippen LogP contribution in [-0.4, -0.2) is 52.6 Å². The second kappa shape index (κ2) is 6.53. The van der Waals surface area contributed by atoms with E-state index in [-0.39, 0.29) is 6.04 Å². The Hall–Kier alpha value is -2.16. The van der Waals surface area contributed by atoms with Gasteiger partial charge in [-0.15, -0.1) is 0 Å². The lowest BCUT2D eigenvalue weighted by atomic mass is 10.1. The van der Waals surface area contributed by atoms with Gasteiger partial charge in [-0.2, -0.15) is 5.26 Å². The summed E-state index contributed by atoms with van der Waals surface area (Å²) >= 11 is 0. The molecule has 5 heteroatoms. The van der Waals surface area contributed by atoms with Gasteiger partial charge in [-0.1, -0.05) is 30.3 Å². The van der Waals surface area contributed by atoms with Gasteiger partial charge < -0.3 is 9.47 Å². The summed E-state index contributed by atoms with van der Waals surface area (Å²) in [7, 11) is 4.14. The number of piperazine rings is 1. The molecule has 0 aliphatic carbocycles. The van der Waals surface area contributed by atoms with Crippen LogP contribution in [0.2, 0.25) is 0 Å². The van der Waals surface area contributed by atoms with Crippen molar-refractivity contribution >= 4 is 0 Å². The Kier molecular flexibility index (Phi) is 4.46. The van der Waals surface area contributed by atoms with Gasteiger partial charge in [0.15, 0.2) is 0 Å². The molecule has 0 spiro atoms. The molecule has 1 aliphatic heterocycles. The van der Waals surface area contributed by atoms with Gasteiger partial charge in [0.05, 0.1) is 11.8 Å². The lowest BCUT2D eigenvalue weighted by Crippen LogP contribution is -2.45. The highest BCUT2D eigenvalue weighted by Crippen LogP contribution is 2.28. The van der Waals surface area contributed by atoms with Crippen LogP contribution in [0.4, 0.5) is 0 Å². The summed E-state index contributed by atoms with van der Waals surface area (Å²) in [6.45, 7) is 5.86. The number of likely N-dealkylation sites (N-methyl/N-ethyl adjacent to an activating group) is 1. The average molecular weight is 309 g/mol. The molecule has 1 aromatic carbocycles. The molecule has 1 atom stereocenters. The summed E-state index contributed by atoms with van der Waals surface area (Å²) in [4.78, 5) is 9.37. The van der Waals surface area contributed by atoms with Crippen LogP contribution in [0.25, 0.3) is 11.4 Å². The van der Waals surface area contributed by atoms with E-state index in [0.29, 0.717) is 0 Å². The van der Waals surface area contributed by atoms with Gasteiger partial charge in [-0.25, -0.2) is 4.98 Å². The molecule has 2 heterocycles. The number of hydrogen-bond acceptors (Lipinski definition) is 4. The summed E-state index contributed by atoms with van der Waals surface area (Å²) < 4.78 is 2.09. The fraction of sp³-hybridized carbons (Fsp3) is 0.444. The van der Waals surface area contributed by atoms with Gasteiger partial charge in [0.2, 0.25) is 0 Å². The SMILES string of the molecule is Cc1c(C(C#N)N2CCN(C)CC2)nc(-c2ccccc2)n1C. The average Bonchev–Trinajstić information content (AvgIpc) is 2.87. The molecule has 2 aromatic rings. The predicted octanol–water partition coefficient (Wildman–Crippen LogP) is 2.21. The maximum absolute atomic E-state index is 9.74. The second-order valence-electron chi connectivity index (χ2n) is 6.20. The molecule has 23 heavy (non-hydrogen) atoms. The Morgan fingerprint density at radius 2 is 1.74 bits per heavy atom. The number of aromatic nitrogens is 2. The van der Waals surface area contributed by atoms with Crippen LogP contribution < -0.4 is 0 Å². The normalized spacial score (nSPS) is 17.8. The molecule has 0 amide bonds. The van der Waals surface area contributed by atoms with Crippen molar-refractivity contribution in [3.8, 4) is 17.5 Å². The zero-order chi connectivity index (χ0) is 16.4. The van der Waals surface area contributed by atoms with Crippen LogP contribution in [0.1, 0.15) is 17.4 Å². The Bertz CT molecular complexity index is 705. The van der Waals surface area contributed by atoms with Crippen LogP contribution in [0.15, 0.2) is 30.3 Å². The second-order valence-corrected chi connectivity index (χ2v) is 6.20. The van der Waals surface area contributed by atoms with E-state index in [4.69, 9.17) is 4.98 Å². The van der Waals surface area contributed by atoms with Gasteiger partial charge in [0.25, 0.3) is 0 Å². The third-order valence-electron chi connectivity index (χ3n) is 4.73. The molecule has 0 bridgehead atoms. The Morgan fingerprint density at radius 1 is 1.09 bits per heavy atom. The van der Waals surface area contributed by atoms with E-state index >= 15 is 0 Å². The Balaban J connectivity index is 1.94. The van der Waals surface area contributed by atoms with Crippen molar-refractivity contribution in [2.45, 2.75) is 13.0 Å². The van der Waals surface area contributed by atoms with E-state index in [0.717, 1.165) is 49.0 Å². The number of rotatable bonds is 3. The third-order valence-corrected chi connectivity index (χ3v) is 4.73. The smallest absolute Gasteiger partial charge is 0.142 e. The van der Waals surface area contributed by atoms with Crippen LogP contribution in [0, 0.1) is 18.3 Å². The molecule has 0 radical (unpaired) electrons. The summed E-state index contributed by atoms with van der Waals surface area (Å²) in [5.74, 6) is 0.924. The number of nitriles is 1. The summed E-state index contributed by atoms with van der Waals surface area (Å²) in [5, 5.41) is 9.74. The molecular formula is C18H23N5. The lowest BCUT2D eigenvalue weighted by molar-refractivity contribution is 0.131. The largest absolute Gasteiger partial charge is 0.331 e. The van der Waals surface area contributed by atoms with Crippen LogP contribution in [-0.2, 0) is 7.05 Å². The maximum atomic E-state index is 9.74. The molecule has 1 unspecified atom stereocenters. The number of imidazole rings is 1. The molecular weight excluding hydrogens is 286 g/mol. The van der Waals surface area contributed by atoms with Crippen molar-refractivity contribution in [2.75, 3.05) is 33.2 Å². The number of hydrogen-bond donors (Lipinski definition) is 0. The van der Waals surface area contributed by atoms with Crippen LogP contribution >= 0.6 is 0 Å². The molecule has 1 aromatic heterocycles. The molecule has 1 aliphatic rings. The first kappa shape index (κ1) is 15.7. The van der Waals surface area contributed by atoms with Crippen LogP contribution in [0.5, 0.6) is 0 Å². The molecule has 5 nitrogen and oxygen atoms in total. The first-order chi connectivity index (χ1) is 11.1. The molecule has 120 valence electrons. The molecule has 3 rings (SSSR count). The Morgan fingerprint density at radius 3 is 2.35 bits per heavy atom. The van der Waals surface area contributed by atoms with Crippen molar-refractivity contribution < 1.29 is 0 Å². The predicted molar refractivity (Wildman–Crippen MR) is 90.8 cm³/mol. The van der Waals surface area contributed by atoms with Gasteiger partial charge in [-0.3, -0.25) is 4.90 Å². The standard InChI is InChI=1S/C18H23N5/c1-14-17(16(13-19)23-11-9-21(2)10-12-23)20-18(22(14)3)15-7-5-4-6-8-15/h4-8,16H,9-12H2,1-3H3. The van der Waals surface area contributed by atoms with E-state index in [2.05, 4.69) is 46.5 Å². The summed E-state index contributed by atoms with van der Waals surface area (Å²) in [5.41, 5.74) is 3.03. The highest BCUT2D eigenvalue weighted by Gasteiger charge is 2.28. The fourth-order valence-corrected chi connectivity index (χ4v) is 3.10. The summed E-state index contributed by atoms with van der Waals surface area (Å²) in [6.07, 6.45) is 0. The van der Waals surface area contributed by atoms with Crippen molar-refractivity contribution in [3.05, 3.63) is 41.7 Å². The van der Waals surface area contributed by atoms with Gasteiger partial charge in [-0.05, 0) is 14.0 Å². The minimum absolute atomic E-state index is 0.271. The molecule has 1 saturated heterocycles. The highest BCUT2D eigenvalue weighted by molar-refractivity contribution is 5.57. The zero-order valence-electron chi connectivity index (χ0n) is 14.0. The summed E-state index contributed by atoms with van der Waals surface area (Å²) in [6, 6.07) is 12.3. The molecule has 0 saturated carbocycles. The van der Waals surface area contributed by atoms with Crippen molar-refractivity contribution in [2.24, 2.45) is 7.05 Å². The number of nitrogens with zero attached hydrogens (tertiary/aromatic N) is 5. The van der Waals surface area contributed by atoms with Gasteiger partial charge in [0, 0.05) is 44.5 Å². The van der Waals surface area contributed by atoms with Crippen LogP contribution in [0.3, 0.4) is 0 Å². The number of benzene rings is 1. The topological polar surface area (TPSA) is 48.1 Å². The van der Waals surface area contributed by atoms with Gasteiger partial charge >= 0.3 is 0 Å². The minimum atomic E-state index is -0.271. The Labute approximate surface area is 137 Å². The quantitative estimate of drug-likeness (QED) is 0.872. The van der Waals surface area contributed by atoms with E-state index in [1.54, 1.807) is 0 Å². The van der Waals surface area contributed by atoms with E-state index in [9.17, 15) is 5.26 Å². The molecule has 0 N–H and O–H groups in total. The minimum Gasteiger partial charge on any atom is -0.331 e. The fourth-order valence-electron chi connectivity index (χ4n) is 3.10. The first-order valence-corrected chi connectivity index (χ1v) is 8.02. The molecule has 1 fully saturated rings. The van der Waals surface area contributed by atoms with Gasteiger partial charge in [0.1, 0.15) is 11.9 Å². The zero-order valence-corrected chi connectivity index (χ0v) is 14.0. The lowest BCUT2D eigenvalue weighted by Gasteiger charge is -2.34. The van der Waals surface area contributed by atoms with Crippen molar-refractivity contribution in [3.63, 3.8) is 0 Å². The van der Waals surface area contributed by atoms with E-state index < -0.39 is 0 Å². The highest BCUT2D eigenvalue weighted by atomic mass is 15.3. The van der Waals surface area contributed by atoms with Crippen molar-refractivity contribution in [1.82, 2.24) is 19.4 Å². The van der Waals surface area contributed by atoms with E-state index in [1.807, 2.05) is 25.2 Å². The third kappa shape index (κ3) is 3.00. The monoisotopic (exact) mass is 309 g/mol.